The largest absolute Gasteiger partial charge is 0.497 e. The van der Waals surface area contributed by atoms with Gasteiger partial charge in [-0.15, -0.1) is 10.2 Å². The quantitative estimate of drug-likeness (QED) is 0.562. The molecular weight excluding hydrogens is 328 g/mol. The van der Waals surface area contributed by atoms with Crippen LogP contribution in [-0.4, -0.2) is 27.3 Å². The Morgan fingerprint density at radius 1 is 0.917 bits per heavy atom. The Labute approximate surface area is 142 Å². The molecular formula is C17H11ClN4O2. The monoisotopic (exact) mass is 338 g/mol. The van der Waals surface area contributed by atoms with Crippen molar-refractivity contribution >= 4 is 22.6 Å². The fraction of sp³-hybridized carbons (Fsp3) is 0.0588. The van der Waals surface area contributed by atoms with Crippen LogP contribution < -0.4 is 4.74 Å². The first-order valence-corrected chi connectivity index (χ1v) is 7.53. The topological polar surface area (TPSA) is 73.9 Å². The number of nitrogens with zero attached hydrogens (tertiary/aromatic N) is 4. The van der Waals surface area contributed by atoms with Crippen molar-refractivity contribution in [2.75, 3.05) is 7.11 Å². The molecule has 118 valence electrons. The SMILES string of the molecule is COc1cccc(-c2nnc(-c3nc4ccccc4nc3Cl)o2)c1. The number of hydrogen-bond donors (Lipinski definition) is 0. The fourth-order valence-electron chi connectivity index (χ4n) is 2.31. The molecule has 4 rings (SSSR count). The second kappa shape index (κ2) is 5.90. The van der Waals surface area contributed by atoms with E-state index in [0.29, 0.717) is 28.4 Å². The van der Waals surface area contributed by atoms with Gasteiger partial charge < -0.3 is 9.15 Å². The summed E-state index contributed by atoms with van der Waals surface area (Å²) in [5, 5.41) is 8.32. The van der Waals surface area contributed by atoms with Crippen LogP contribution in [0.15, 0.2) is 52.9 Å². The van der Waals surface area contributed by atoms with E-state index in [2.05, 4.69) is 20.2 Å². The molecule has 0 fully saturated rings. The first-order chi connectivity index (χ1) is 11.7. The van der Waals surface area contributed by atoms with Gasteiger partial charge in [-0.25, -0.2) is 9.97 Å². The first-order valence-electron chi connectivity index (χ1n) is 7.15. The van der Waals surface area contributed by atoms with Crippen LogP contribution in [0, 0.1) is 0 Å². The summed E-state index contributed by atoms with van der Waals surface area (Å²) in [4.78, 5) is 8.79. The van der Waals surface area contributed by atoms with Crippen LogP contribution in [0.3, 0.4) is 0 Å². The van der Waals surface area contributed by atoms with Gasteiger partial charge in [0.15, 0.2) is 10.8 Å². The minimum Gasteiger partial charge on any atom is -0.497 e. The second-order valence-electron chi connectivity index (χ2n) is 5.00. The molecule has 0 unspecified atom stereocenters. The van der Waals surface area contributed by atoms with E-state index >= 15 is 0 Å². The van der Waals surface area contributed by atoms with Crippen molar-refractivity contribution in [1.29, 1.82) is 0 Å². The summed E-state index contributed by atoms with van der Waals surface area (Å²) in [7, 11) is 1.60. The van der Waals surface area contributed by atoms with E-state index in [1.54, 1.807) is 7.11 Å². The molecule has 0 N–H and O–H groups in total. The van der Waals surface area contributed by atoms with Crippen LogP contribution in [-0.2, 0) is 0 Å². The van der Waals surface area contributed by atoms with Crippen molar-refractivity contribution in [2.24, 2.45) is 0 Å². The lowest BCUT2D eigenvalue weighted by Crippen LogP contribution is -1.91. The third-order valence-corrected chi connectivity index (χ3v) is 3.74. The molecule has 4 aromatic rings. The van der Waals surface area contributed by atoms with Crippen molar-refractivity contribution in [3.8, 4) is 28.8 Å². The van der Waals surface area contributed by atoms with Crippen molar-refractivity contribution in [3.63, 3.8) is 0 Å². The van der Waals surface area contributed by atoms with Gasteiger partial charge in [0.1, 0.15) is 5.75 Å². The molecule has 2 aromatic carbocycles. The molecule has 24 heavy (non-hydrogen) atoms. The zero-order valence-electron chi connectivity index (χ0n) is 12.6. The van der Waals surface area contributed by atoms with Crippen molar-refractivity contribution in [3.05, 3.63) is 53.7 Å². The van der Waals surface area contributed by atoms with Crippen LogP contribution in [0.4, 0.5) is 0 Å². The van der Waals surface area contributed by atoms with Gasteiger partial charge in [-0.05, 0) is 30.3 Å². The van der Waals surface area contributed by atoms with Gasteiger partial charge >= 0.3 is 0 Å². The standard InChI is InChI=1S/C17H11ClN4O2/c1-23-11-6-4-5-10(9-11)16-21-22-17(24-16)14-15(18)20-13-8-3-2-7-12(13)19-14/h2-9H,1H3. The molecule has 6 nitrogen and oxygen atoms in total. The molecule has 0 saturated carbocycles. The van der Waals surface area contributed by atoms with Crippen molar-refractivity contribution in [1.82, 2.24) is 20.2 Å². The summed E-state index contributed by atoms with van der Waals surface area (Å²) < 4.78 is 10.9. The average Bonchev–Trinajstić information content (AvgIpc) is 3.11. The Morgan fingerprint density at radius 2 is 1.67 bits per heavy atom. The smallest absolute Gasteiger partial charge is 0.269 e. The van der Waals surface area contributed by atoms with Gasteiger partial charge in [-0.2, -0.15) is 0 Å². The lowest BCUT2D eigenvalue weighted by molar-refractivity contribution is 0.415. The van der Waals surface area contributed by atoms with Gasteiger partial charge in [0.25, 0.3) is 5.89 Å². The number of benzene rings is 2. The van der Waals surface area contributed by atoms with E-state index in [4.69, 9.17) is 20.8 Å². The number of methoxy groups -OCH3 is 1. The molecule has 0 atom stereocenters. The molecule has 0 amide bonds. The van der Waals surface area contributed by atoms with Crippen molar-refractivity contribution in [2.45, 2.75) is 0 Å². The van der Waals surface area contributed by atoms with Crippen LogP contribution >= 0.6 is 11.6 Å². The molecule has 0 aliphatic heterocycles. The second-order valence-corrected chi connectivity index (χ2v) is 5.35. The first kappa shape index (κ1) is 14.6. The highest BCUT2D eigenvalue weighted by Crippen LogP contribution is 2.29. The predicted molar refractivity (Wildman–Crippen MR) is 89.8 cm³/mol. The van der Waals surface area contributed by atoms with Gasteiger partial charge in [-0.1, -0.05) is 29.8 Å². The Morgan fingerprint density at radius 3 is 2.46 bits per heavy atom. The molecule has 0 aliphatic rings. The van der Waals surface area contributed by atoms with E-state index in [1.165, 1.54) is 0 Å². The van der Waals surface area contributed by atoms with Crippen molar-refractivity contribution < 1.29 is 9.15 Å². The number of rotatable bonds is 3. The highest BCUT2D eigenvalue weighted by Gasteiger charge is 2.17. The maximum atomic E-state index is 6.22. The number of halogens is 1. The zero-order chi connectivity index (χ0) is 16.5. The van der Waals surface area contributed by atoms with Crippen LogP contribution in [0.25, 0.3) is 34.1 Å². The number of fused-ring (bicyclic) bond motifs is 1. The Balaban J connectivity index is 1.78. The summed E-state index contributed by atoms with van der Waals surface area (Å²) in [6.45, 7) is 0. The molecule has 0 bridgehead atoms. The third-order valence-electron chi connectivity index (χ3n) is 3.47. The van der Waals surface area contributed by atoms with Gasteiger partial charge in [0.05, 0.1) is 18.1 Å². The van der Waals surface area contributed by atoms with Crippen LogP contribution in [0.5, 0.6) is 5.75 Å². The van der Waals surface area contributed by atoms with E-state index < -0.39 is 0 Å². The molecule has 2 aromatic heterocycles. The fourth-order valence-corrected chi connectivity index (χ4v) is 2.52. The Kier molecular flexibility index (Phi) is 3.59. The highest BCUT2D eigenvalue weighted by molar-refractivity contribution is 6.32. The summed E-state index contributed by atoms with van der Waals surface area (Å²) in [6, 6.07) is 14.8. The molecule has 2 heterocycles. The molecule has 0 saturated heterocycles. The Bertz CT molecular complexity index is 1030. The zero-order valence-corrected chi connectivity index (χ0v) is 13.4. The third kappa shape index (κ3) is 2.57. The minimum absolute atomic E-state index is 0.217. The van der Waals surface area contributed by atoms with Gasteiger partial charge in [-0.3, -0.25) is 0 Å². The van der Waals surface area contributed by atoms with Crippen LogP contribution in [0.1, 0.15) is 0 Å². The average molecular weight is 339 g/mol. The van der Waals surface area contributed by atoms with E-state index in [9.17, 15) is 0 Å². The molecule has 7 heteroatoms. The minimum atomic E-state index is 0.217. The summed E-state index contributed by atoms with van der Waals surface area (Å²) >= 11 is 6.22. The van der Waals surface area contributed by atoms with Gasteiger partial charge in [0.2, 0.25) is 5.89 Å². The van der Waals surface area contributed by atoms with E-state index in [-0.39, 0.29) is 11.0 Å². The van der Waals surface area contributed by atoms with Crippen LogP contribution in [0.2, 0.25) is 5.15 Å². The molecule has 0 aliphatic carbocycles. The summed E-state index contributed by atoms with van der Waals surface area (Å²) in [5.41, 5.74) is 2.52. The summed E-state index contributed by atoms with van der Waals surface area (Å²) in [6.07, 6.45) is 0. The number of aromatic nitrogens is 4. The molecule has 0 spiro atoms. The van der Waals surface area contributed by atoms with Gasteiger partial charge in [0, 0.05) is 5.56 Å². The van der Waals surface area contributed by atoms with E-state index in [1.807, 2.05) is 48.5 Å². The maximum absolute atomic E-state index is 6.22. The maximum Gasteiger partial charge on any atom is 0.269 e. The number of hydrogen-bond acceptors (Lipinski definition) is 6. The lowest BCUT2D eigenvalue weighted by atomic mass is 10.2. The molecule has 0 radical (unpaired) electrons. The lowest BCUT2D eigenvalue weighted by Gasteiger charge is -2.01. The summed E-state index contributed by atoms with van der Waals surface area (Å²) in [5.74, 6) is 1.28. The van der Waals surface area contributed by atoms with E-state index in [0.717, 1.165) is 5.56 Å². The number of ether oxygens (including phenoxy) is 1. The predicted octanol–water partition coefficient (Wildman–Crippen LogP) is 4.01. The normalized spacial score (nSPS) is 10.9. The number of para-hydroxylation sites is 2. The highest BCUT2D eigenvalue weighted by atomic mass is 35.5. The Hall–Kier alpha value is -2.99.